The number of hydrogen-bond donors (Lipinski definition) is 4. The van der Waals surface area contributed by atoms with Gasteiger partial charge in [0.2, 0.25) is 0 Å². The molecule has 2 N–H and O–H groups in total. The minimum Gasteiger partial charge on any atom is -0.369 e. The molecule has 7 heteroatoms. The van der Waals surface area contributed by atoms with Crippen LogP contribution in [0.4, 0.5) is 11.4 Å². The summed E-state index contributed by atoms with van der Waals surface area (Å²) >= 11 is 8.61. The van der Waals surface area contributed by atoms with Crippen LogP contribution in [-0.4, -0.2) is 46.2 Å². The minimum absolute atomic E-state index is 0.00754. The van der Waals surface area contributed by atoms with Crippen molar-refractivity contribution in [1.82, 2.24) is 4.90 Å². The Hall–Kier alpha value is -0.600. The number of hydrogen-bond acceptors (Lipinski definition) is 7. The van der Waals surface area contributed by atoms with Crippen LogP contribution in [0.25, 0.3) is 0 Å². The Morgan fingerprint density at radius 3 is 2.00 bits per heavy atom. The monoisotopic (exact) mass is 287 g/mol. The predicted octanol–water partition coefficient (Wildman–Crippen LogP) is 1.54. The second kappa shape index (κ2) is 6.03. The highest BCUT2D eigenvalue weighted by molar-refractivity contribution is 7.99. The van der Waals surface area contributed by atoms with Crippen molar-refractivity contribution in [2.24, 2.45) is 0 Å². The molecule has 0 aromatic heterocycles. The number of nitrogens with zero attached hydrogens (tertiary/aromatic N) is 3. The molecular formula is C11H17N3O2S2. The molecule has 0 spiro atoms. The average Bonchev–Trinajstić information content (AvgIpc) is 2.39. The SMILES string of the molecule is ON(O)c1ccc(N2CCN(C(S)S)CC2)cc1. The molecule has 0 amide bonds. The zero-order chi connectivity index (χ0) is 13.1. The maximum absolute atomic E-state index is 8.87. The average molecular weight is 287 g/mol. The van der Waals surface area contributed by atoms with Crippen molar-refractivity contribution in [3.8, 4) is 0 Å². The molecule has 0 bridgehead atoms. The highest BCUT2D eigenvalue weighted by Gasteiger charge is 2.19. The summed E-state index contributed by atoms with van der Waals surface area (Å²) in [4.78, 5) is 4.45. The number of benzene rings is 1. The Balaban J connectivity index is 1.97. The van der Waals surface area contributed by atoms with Gasteiger partial charge in [-0.1, -0.05) is 0 Å². The van der Waals surface area contributed by atoms with Crippen LogP contribution in [0.1, 0.15) is 0 Å². The molecule has 0 saturated carbocycles. The van der Waals surface area contributed by atoms with Gasteiger partial charge in [0.25, 0.3) is 0 Å². The Morgan fingerprint density at radius 1 is 1.00 bits per heavy atom. The molecule has 1 saturated heterocycles. The van der Waals surface area contributed by atoms with Gasteiger partial charge in [-0.05, 0) is 24.3 Å². The number of piperazine rings is 1. The lowest BCUT2D eigenvalue weighted by Crippen LogP contribution is -2.47. The molecule has 1 aromatic carbocycles. The van der Waals surface area contributed by atoms with E-state index in [4.69, 9.17) is 10.4 Å². The molecule has 0 aliphatic carbocycles. The van der Waals surface area contributed by atoms with Crippen molar-refractivity contribution in [2.45, 2.75) is 4.71 Å². The number of thiol groups is 2. The first-order chi connectivity index (χ1) is 8.58. The maximum Gasteiger partial charge on any atom is 0.0970 e. The van der Waals surface area contributed by atoms with Crippen molar-refractivity contribution in [3.05, 3.63) is 24.3 Å². The van der Waals surface area contributed by atoms with Crippen LogP contribution in [0.2, 0.25) is 0 Å². The Labute approximate surface area is 117 Å². The zero-order valence-electron chi connectivity index (χ0n) is 9.85. The fourth-order valence-corrected chi connectivity index (χ4v) is 2.47. The third-order valence-corrected chi connectivity index (χ3v) is 3.74. The number of rotatable bonds is 3. The van der Waals surface area contributed by atoms with Crippen LogP contribution >= 0.6 is 25.3 Å². The smallest absolute Gasteiger partial charge is 0.0970 e. The molecule has 0 radical (unpaired) electrons. The van der Waals surface area contributed by atoms with Crippen molar-refractivity contribution >= 4 is 36.6 Å². The maximum atomic E-state index is 8.87. The van der Waals surface area contributed by atoms with Crippen LogP contribution in [-0.2, 0) is 0 Å². The molecule has 1 fully saturated rings. The van der Waals surface area contributed by atoms with E-state index in [1.165, 1.54) is 0 Å². The third kappa shape index (κ3) is 3.24. The van der Waals surface area contributed by atoms with Gasteiger partial charge in [0.1, 0.15) is 0 Å². The van der Waals surface area contributed by atoms with E-state index >= 15 is 0 Å². The quantitative estimate of drug-likeness (QED) is 0.386. The summed E-state index contributed by atoms with van der Waals surface area (Å²) in [6.07, 6.45) is 0. The summed E-state index contributed by atoms with van der Waals surface area (Å²) in [7, 11) is 0. The van der Waals surface area contributed by atoms with E-state index in [-0.39, 0.29) is 9.93 Å². The molecule has 2 rings (SSSR count). The summed E-state index contributed by atoms with van der Waals surface area (Å²) in [6.45, 7) is 3.68. The summed E-state index contributed by atoms with van der Waals surface area (Å²) in [5.74, 6) is 0. The fourth-order valence-electron chi connectivity index (χ4n) is 2.01. The van der Waals surface area contributed by atoms with Crippen LogP contribution in [0.3, 0.4) is 0 Å². The highest BCUT2D eigenvalue weighted by atomic mass is 32.2. The van der Waals surface area contributed by atoms with E-state index in [9.17, 15) is 0 Å². The van der Waals surface area contributed by atoms with Gasteiger partial charge < -0.3 is 4.90 Å². The molecule has 5 nitrogen and oxygen atoms in total. The van der Waals surface area contributed by atoms with Gasteiger partial charge in [-0.25, -0.2) is 0 Å². The van der Waals surface area contributed by atoms with Crippen molar-refractivity contribution in [1.29, 1.82) is 0 Å². The standard InChI is InChI=1S/C11H17N3O2S2/c15-14(16)10-3-1-9(2-4-10)12-5-7-13(8-6-12)11(17)18/h1-4,11,15-18H,5-8H2. The first-order valence-electron chi connectivity index (χ1n) is 5.71. The lowest BCUT2D eigenvalue weighted by atomic mass is 10.2. The third-order valence-electron chi connectivity index (χ3n) is 3.09. The topological polar surface area (TPSA) is 50.2 Å². The molecule has 1 aromatic rings. The summed E-state index contributed by atoms with van der Waals surface area (Å²) < 4.78 is -0.00754. The Bertz CT molecular complexity index is 378. The molecule has 1 heterocycles. The van der Waals surface area contributed by atoms with Crippen LogP contribution in [0, 0.1) is 0 Å². The lowest BCUT2D eigenvalue weighted by molar-refractivity contribution is 0.0292. The van der Waals surface area contributed by atoms with Crippen molar-refractivity contribution in [3.63, 3.8) is 0 Å². The van der Waals surface area contributed by atoms with Crippen LogP contribution in [0.15, 0.2) is 24.3 Å². The van der Waals surface area contributed by atoms with E-state index in [0.717, 1.165) is 31.9 Å². The first kappa shape index (κ1) is 13.8. The van der Waals surface area contributed by atoms with E-state index in [1.54, 1.807) is 12.1 Å². The van der Waals surface area contributed by atoms with E-state index in [2.05, 4.69) is 35.1 Å². The van der Waals surface area contributed by atoms with E-state index < -0.39 is 0 Å². The van der Waals surface area contributed by atoms with E-state index in [0.29, 0.717) is 5.69 Å². The summed E-state index contributed by atoms with van der Waals surface area (Å²) in [5, 5.41) is 17.9. The van der Waals surface area contributed by atoms with Gasteiger partial charge >= 0.3 is 0 Å². The van der Waals surface area contributed by atoms with Gasteiger partial charge in [-0.3, -0.25) is 15.3 Å². The number of anilines is 2. The summed E-state index contributed by atoms with van der Waals surface area (Å²) in [5.41, 5.74) is 1.43. The van der Waals surface area contributed by atoms with Gasteiger partial charge in [0.05, 0.1) is 10.4 Å². The molecule has 0 atom stereocenters. The highest BCUT2D eigenvalue weighted by Crippen LogP contribution is 2.21. The molecule has 1 aliphatic rings. The van der Waals surface area contributed by atoms with Crippen molar-refractivity contribution in [2.75, 3.05) is 36.3 Å². The Kier molecular flexibility index (Phi) is 4.63. The molecule has 1 aliphatic heterocycles. The predicted molar refractivity (Wildman–Crippen MR) is 78.0 cm³/mol. The second-order valence-electron chi connectivity index (χ2n) is 4.18. The Morgan fingerprint density at radius 2 is 1.56 bits per heavy atom. The van der Waals surface area contributed by atoms with E-state index in [1.807, 2.05) is 12.1 Å². The molecule has 18 heavy (non-hydrogen) atoms. The van der Waals surface area contributed by atoms with Crippen LogP contribution in [0.5, 0.6) is 0 Å². The van der Waals surface area contributed by atoms with Crippen LogP contribution < -0.4 is 10.1 Å². The fraction of sp³-hybridized carbons (Fsp3) is 0.455. The van der Waals surface area contributed by atoms with Gasteiger partial charge in [-0.2, -0.15) is 0 Å². The zero-order valence-corrected chi connectivity index (χ0v) is 11.6. The van der Waals surface area contributed by atoms with Gasteiger partial charge in [0, 0.05) is 31.9 Å². The minimum atomic E-state index is -0.00754. The van der Waals surface area contributed by atoms with Gasteiger partial charge in [0.15, 0.2) is 0 Å². The normalized spacial score (nSPS) is 17.3. The molecule has 100 valence electrons. The van der Waals surface area contributed by atoms with Gasteiger partial charge in [-0.15, -0.1) is 30.5 Å². The van der Waals surface area contributed by atoms with Crippen molar-refractivity contribution < 1.29 is 10.4 Å². The second-order valence-corrected chi connectivity index (χ2v) is 5.56. The largest absolute Gasteiger partial charge is 0.369 e. The molecular weight excluding hydrogens is 270 g/mol. The molecule has 0 unspecified atom stereocenters. The first-order valence-corrected chi connectivity index (χ1v) is 6.74. The summed E-state index contributed by atoms with van der Waals surface area (Å²) in [6, 6.07) is 7.09. The lowest BCUT2D eigenvalue weighted by Gasteiger charge is -2.37.